The first kappa shape index (κ1) is 14.6. The summed E-state index contributed by atoms with van der Waals surface area (Å²) in [5.74, 6) is 0.0676. The molecule has 1 amide bonds. The third-order valence-corrected chi connectivity index (χ3v) is 4.28. The van der Waals surface area contributed by atoms with Crippen LogP contribution in [0.25, 0.3) is 11.4 Å². The van der Waals surface area contributed by atoms with E-state index in [0.29, 0.717) is 19.6 Å². The molecule has 0 radical (unpaired) electrons. The first-order valence-corrected chi connectivity index (χ1v) is 8.05. The lowest BCUT2D eigenvalue weighted by Gasteiger charge is -2.27. The first-order chi connectivity index (χ1) is 11.7. The summed E-state index contributed by atoms with van der Waals surface area (Å²) in [6.45, 7) is 3.97. The highest BCUT2D eigenvalue weighted by Crippen LogP contribution is 2.21. The highest BCUT2D eigenvalue weighted by atomic mass is 16.2. The summed E-state index contributed by atoms with van der Waals surface area (Å²) in [5, 5.41) is 4.63. The number of fused-ring (bicyclic) bond motifs is 1. The second kappa shape index (κ2) is 5.92. The van der Waals surface area contributed by atoms with Gasteiger partial charge in [0, 0.05) is 18.3 Å². The number of rotatable bonds is 2. The Kier molecular flexibility index (Phi) is 3.61. The molecule has 0 unspecified atom stereocenters. The number of nitrogens with zero attached hydrogens (tertiary/aromatic N) is 4. The lowest BCUT2D eigenvalue weighted by atomic mass is 10.1. The van der Waals surface area contributed by atoms with Crippen molar-refractivity contribution in [1.29, 1.82) is 0 Å². The van der Waals surface area contributed by atoms with E-state index in [1.807, 2.05) is 71.2 Å². The Bertz CT molecular complexity index is 868. The normalized spacial score (nSPS) is 13.6. The van der Waals surface area contributed by atoms with E-state index in [1.165, 1.54) is 0 Å². The Balaban J connectivity index is 1.57. The van der Waals surface area contributed by atoms with E-state index in [0.717, 1.165) is 28.2 Å². The number of hydrogen-bond acceptors (Lipinski definition) is 3. The molecule has 2 aromatic heterocycles. The fourth-order valence-corrected chi connectivity index (χ4v) is 2.95. The average molecular weight is 318 g/mol. The zero-order valence-electron chi connectivity index (χ0n) is 13.5. The largest absolute Gasteiger partial charge is 0.331 e. The van der Waals surface area contributed by atoms with Crippen LogP contribution in [0, 0.1) is 6.92 Å². The molecule has 1 aliphatic heterocycles. The van der Waals surface area contributed by atoms with Crippen molar-refractivity contribution in [2.75, 3.05) is 6.54 Å². The molecule has 1 aromatic carbocycles. The van der Waals surface area contributed by atoms with Crippen molar-refractivity contribution in [1.82, 2.24) is 19.7 Å². The van der Waals surface area contributed by atoms with Crippen LogP contribution in [0.5, 0.6) is 0 Å². The molecule has 0 bridgehead atoms. The Labute approximate surface area is 140 Å². The summed E-state index contributed by atoms with van der Waals surface area (Å²) in [4.78, 5) is 18.9. The van der Waals surface area contributed by atoms with Gasteiger partial charge in [-0.25, -0.2) is 0 Å². The van der Waals surface area contributed by atoms with Crippen molar-refractivity contribution < 1.29 is 4.79 Å². The number of pyridine rings is 1. The average Bonchev–Trinajstić information content (AvgIpc) is 3.05. The molecule has 0 N–H and O–H groups in total. The van der Waals surface area contributed by atoms with Gasteiger partial charge in [-0.05, 0) is 36.8 Å². The van der Waals surface area contributed by atoms with Gasteiger partial charge in [-0.2, -0.15) is 5.10 Å². The summed E-state index contributed by atoms with van der Waals surface area (Å²) in [6.07, 6.45) is 1.85. The van der Waals surface area contributed by atoms with Crippen LogP contribution in [-0.4, -0.2) is 32.1 Å². The summed E-state index contributed by atoms with van der Waals surface area (Å²) >= 11 is 0. The summed E-state index contributed by atoms with van der Waals surface area (Å²) < 4.78 is 1.98. The summed E-state index contributed by atoms with van der Waals surface area (Å²) in [5.41, 5.74) is 4.62. The number of benzene rings is 1. The van der Waals surface area contributed by atoms with Crippen LogP contribution in [0.1, 0.15) is 21.6 Å². The van der Waals surface area contributed by atoms with Crippen molar-refractivity contribution >= 4 is 5.91 Å². The van der Waals surface area contributed by atoms with E-state index in [2.05, 4.69) is 10.1 Å². The van der Waals surface area contributed by atoms with Crippen molar-refractivity contribution in [2.45, 2.75) is 20.0 Å². The molecule has 0 spiro atoms. The second-order valence-electron chi connectivity index (χ2n) is 6.06. The van der Waals surface area contributed by atoms with E-state index in [-0.39, 0.29) is 5.91 Å². The second-order valence-corrected chi connectivity index (χ2v) is 6.06. The third-order valence-electron chi connectivity index (χ3n) is 4.28. The van der Waals surface area contributed by atoms with Crippen molar-refractivity contribution in [3.05, 3.63) is 71.5 Å². The minimum atomic E-state index is 0.0676. The zero-order chi connectivity index (χ0) is 16.5. The van der Waals surface area contributed by atoms with Gasteiger partial charge in [0.2, 0.25) is 0 Å². The molecule has 3 aromatic rings. The van der Waals surface area contributed by atoms with Crippen LogP contribution >= 0.6 is 0 Å². The van der Waals surface area contributed by atoms with E-state index < -0.39 is 0 Å². The lowest BCUT2D eigenvalue weighted by Crippen LogP contribution is -2.38. The Morgan fingerprint density at radius 1 is 1.04 bits per heavy atom. The maximum atomic E-state index is 12.6. The fourth-order valence-electron chi connectivity index (χ4n) is 2.95. The molecular formula is C19H18N4O. The van der Waals surface area contributed by atoms with E-state index >= 15 is 0 Å². The molecule has 120 valence electrons. The molecule has 5 nitrogen and oxygen atoms in total. The molecule has 0 aliphatic carbocycles. The van der Waals surface area contributed by atoms with Crippen LogP contribution in [-0.2, 0) is 13.1 Å². The van der Waals surface area contributed by atoms with Gasteiger partial charge >= 0.3 is 0 Å². The van der Waals surface area contributed by atoms with Crippen LogP contribution in [0.4, 0.5) is 0 Å². The maximum absolute atomic E-state index is 12.6. The third kappa shape index (κ3) is 2.69. The first-order valence-electron chi connectivity index (χ1n) is 8.05. The van der Waals surface area contributed by atoms with Gasteiger partial charge < -0.3 is 4.90 Å². The smallest absolute Gasteiger partial charge is 0.254 e. The molecule has 5 heteroatoms. The number of carbonyl (C=O) groups is 1. The monoisotopic (exact) mass is 318 g/mol. The van der Waals surface area contributed by atoms with E-state index in [1.54, 1.807) is 0 Å². The minimum absolute atomic E-state index is 0.0676. The summed E-state index contributed by atoms with van der Waals surface area (Å²) in [6, 6.07) is 15.5. The van der Waals surface area contributed by atoms with Crippen LogP contribution in [0.2, 0.25) is 0 Å². The quantitative estimate of drug-likeness (QED) is 0.730. The molecular weight excluding hydrogens is 300 g/mol. The van der Waals surface area contributed by atoms with Crippen molar-refractivity contribution in [2.24, 2.45) is 0 Å². The maximum Gasteiger partial charge on any atom is 0.254 e. The van der Waals surface area contributed by atoms with Crippen LogP contribution < -0.4 is 0 Å². The Morgan fingerprint density at radius 3 is 2.62 bits per heavy atom. The van der Waals surface area contributed by atoms with Gasteiger partial charge in [-0.1, -0.05) is 24.3 Å². The molecule has 1 aliphatic rings. The predicted molar refractivity (Wildman–Crippen MR) is 91.4 cm³/mol. The number of hydrogen-bond donors (Lipinski definition) is 0. The SMILES string of the molecule is Cc1ccc(-c2cc3n(n2)CCN(C(=O)c2ccccc2)C3)nc1. The van der Waals surface area contributed by atoms with E-state index in [4.69, 9.17) is 0 Å². The fraction of sp³-hybridized carbons (Fsp3) is 0.211. The molecule has 3 heterocycles. The molecule has 0 atom stereocenters. The van der Waals surface area contributed by atoms with Gasteiger partial charge in [0.05, 0.1) is 24.5 Å². The van der Waals surface area contributed by atoms with E-state index in [9.17, 15) is 4.79 Å². The predicted octanol–water partition coefficient (Wildman–Crippen LogP) is 2.91. The van der Waals surface area contributed by atoms with Gasteiger partial charge in [0.25, 0.3) is 5.91 Å². The standard InChI is InChI=1S/C19H18N4O/c1-14-7-8-17(20-12-14)18-11-16-13-22(9-10-23(16)21-18)19(24)15-5-3-2-4-6-15/h2-8,11-12H,9-10,13H2,1H3. The van der Waals surface area contributed by atoms with Crippen LogP contribution in [0.15, 0.2) is 54.7 Å². The highest BCUT2D eigenvalue weighted by molar-refractivity contribution is 5.94. The highest BCUT2D eigenvalue weighted by Gasteiger charge is 2.23. The van der Waals surface area contributed by atoms with Crippen molar-refractivity contribution in [3.8, 4) is 11.4 Å². The van der Waals surface area contributed by atoms with Crippen molar-refractivity contribution in [3.63, 3.8) is 0 Å². The summed E-state index contributed by atoms with van der Waals surface area (Å²) in [7, 11) is 0. The lowest BCUT2D eigenvalue weighted by molar-refractivity contribution is 0.0706. The molecule has 24 heavy (non-hydrogen) atoms. The Hall–Kier alpha value is -2.95. The number of aromatic nitrogens is 3. The van der Waals surface area contributed by atoms with Gasteiger partial charge in [0.15, 0.2) is 0 Å². The minimum Gasteiger partial charge on any atom is -0.331 e. The van der Waals surface area contributed by atoms with Crippen LogP contribution in [0.3, 0.4) is 0 Å². The topological polar surface area (TPSA) is 51.0 Å². The molecule has 0 saturated heterocycles. The molecule has 0 fully saturated rings. The van der Waals surface area contributed by atoms with Gasteiger partial charge in [0.1, 0.15) is 5.69 Å². The van der Waals surface area contributed by atoms with Gasteiger partial charge in [-0.3, -0.25) is 14.5 Å². The number of amides is 1. The number of aryl methyl sites for hydroxylation is 1. The Morgan fingerprint density at radius 2 is 1.88 bits per heavy atom. The number of carbonyl (C=O) groups excluding carboxylic acids is 1. The molecule has 0 saturated carbocycles. The molecule has 4 rings (SSSR count). The zero-order valence-corrected chi connectivity index (χ0v) is 13.5. The van der Waals surface area contributed by atoms with Gasteiger partial charge in [-0.15, -0.1) is 0 Å².